The molecule has 0 aliphatic carbocycles. The van der Waals surface area contributed by atoms with E-state index in [0.29, 0.717) is 0 Å². The predicted molar refractivity (Wildman–Crippen MR) is 90.3 cm³/mol. The molecule has 1 aromatic carbocycles. The SMILES string of the molecule is COCCNCCc1nc(-c2ccc(NC(C)=O)cc2)cs1. The largest absolute Gasteiger partial charge is 0.383 e. The Morgan fingerprint density at radius 2 is 2.05 bits per heavy atom. The number of rotatable bonds is 8. The quantitative estimate of drug-likeness (QED) is 0.734. The fraction of sp³-hybridized carbons (Fsp3) is 0.375. The first kappa shape index (κ1) is 16.6. The molecule has 1 amide bonds. The number of carbonyl (C=O) groups is 1. The Morgan fingerprint density at radius 3 is 2.73 bits per heavy atom. The lowest BCUT2D eigenvalue weighted by atomic mass is 10.1. The predicted octanol–water partition coefficient (Wildman–Crippen LogP) is 2.55. The van der Waals surface area contributed by atoms with Crippen molar-refractivity contribution >= 4 is 22.9 Å². The number of nitrogens with zero attached hydrogens (tertiary/aromatic N) is 1. The molecule has 0 saturated heterocycles. The Balaban J connectivity index is 1.89. The van der Waals surface area contributed by atoms with Gasteiger partial charge in [0, 0.05) is 50.2 Å². The number of anilines is 1. The van der Waals surface area contributed by atoms with Crippen molar-refractivity contribution in [2.45, 2.75) is 13.3 Å². The van der Waals surface area contributed by atoms with Gasteiger partial charge < -0.3 is 15.4 Å². The van der Waals surface area contributed by atoms with Crippen molar-refractivity contribution in [3.8, 4) is 11.3 Å². The van der Waals surface area contributed by atoms with Gasteiger partial charge in [-0.1, -0.05) is 12.1 Å². The summed E-state index contributed by atoms with van der Waals surface area (Å²) in [6, 6.07) is 7.73. The summed E-state index contributed by atoms with van der Waals surface area (Å²) >= 11 is 1.67. The van der Waals surface area contributed by atoms with E-state index < -0.39 is 0 Å². The van der Waals surface area contributed by atoms with E-state index in [1.165, 1.54) is 6.92 Å². The van der Waals surface area contributed by atoms with Crippen LogP contribution in [0.4, 0.5) is 5.69 Å². The van der Waals surface area contributed by atoms with Crippen molar-refractivity contribution in [1.82, 2.24) is 10.3 Å². The van der Waals surface area contributed by atoms with Crippen molar-refractivity contribution in [2.75, 3.05) is 32.1 Å². The molecule has 0 saturated carbocycles. The zero-order valence-electron chi connectivity index (χ0n) is 12.9. The van der Waals surface area contributed by atoms with E-state index >= 15 is 0 Å². The van der Waals surface area contributed by atoms with E-state index in [1.807, 2.05) is 24.3 Å². The average molecular weight is 319 g/mol. The third kappa shape index (κ3) is 5.22. The van der Waals surface area contributed by atoms with Gasteiger partial charge in [-0.2, -0.15) is 0 Å². The third-order valence-corrected chi connectivity index (χ3v) is 3.96. The summed E-state index contributed by atoms with van der Waals surface area (Å²) in [4.78, 5) is 15.7. The van der Waals surface area contributed by atoms with E-state index in [-0.39, 0.29) is 5.91 Å². The molecule has 2 aromatic rings. The molecule has 0 fully saturated rings. The van der Waals surface area contributed by atoms with Crippen LogP contribution < -0.4 is 10.6 Å². The van der Waals surface area contributed by atoms with Gasteiger partial charge >= 0.3 is 0 Å². The lowest BCUT2D eigenvalue weighted by molar-refractivity contribution is -0.114. The van der Waals surface area contributed by atoms with Gasteiger partial charge in [-0.3, -0.25) is 4.79 Å². The van der Waals surface area contributed by atoms with E-state index in [9.17, 15) is 4.79 Å². The topological polar surface area (TPSA) is 63.2 Å². The monoisotopic (exact) mass is 319 g/mol. The smallest absolute Gasteiger partial charge is 0.221 e. The summed E-state index contributed by atoms with van der Waals surface area (Å²) in [5.41, 5.74) is 2.84. The van der Waals surface area contributed by atoms with Crippen LogP contribution in [0.5, 0.6) is 0 Å². The van der Waals surface area contributed by atoms with Gasteiger partial charge in [0.2, 0.25) is 5.91 Å². The van der Waals surface area contributed by atoms with Crippen LogP contribution in [-0.2, 0) is 16.0 Å². The number of hydrogen-bond acceptors (Lipinski definition) is 5. The molecule has 0 spiro atoms. The van der Waals surface area contributed by atoms with Crippen molar-refractivity contribution < 1.29 is 9.53 Å². The summed E-state index contributed by atoms with van der Waals surface area (Å²) < 4.78 is 4.99. The number of thiazole rings is 1. The summed E-state index contributed by atoms with van der Waals surface area (Å²) in [5, 5.41) is 9.25. The van der Waals surface area contributed by atoms with Gasteiger partial charge in [0.05, 0.1) is 17.3 Å². The van der Waals surface area contributed by atoms with Crippen molar-refractivity contribution in [3.05, 3.63) is 34.7 Å². The number of hydrogen-bond donors (Lipinski definition) is 2. The van der Waals surface area contributed by atoms with E-state index in [2.05, 4.69) is 21.0 Å². The van der Waals surface area contributed by atoms with Crippen molar-refractivity contribution in [2.24, 2.45) is 0 Å². The summed E-state index contributed by atoms with van der Waals surface area (Å²) in [6.07, 6.45) is 0.915. The molecule has 0 aliphatic rings. The molecule has 1 aromatic heterocycles. The lowest BCUT2D eigenvalue weighted by Crippen LogP contribution is -2.21. The maximum Gasteiger partial charge on any atom is 0.221 e. The Morgan fingerprint density at radius 1 is 1.27 bits per heavy atom. The van der Waals surface area contributed by atoms with Gasteiger partial charge in [-0.25, -0.2) is 4.98 Å². The number of methoxy groups -OCH3 is 1. The molecule has 1 heterocycles. The molecule has 0 bridgehead atoms. The highest BCUT2D eigenvalue weighted by atomic mass is 32.1. The number of ether oxygens (including phenoxy) is 1. The highest BCUT2D eigenvalue weighted by Crippen LogP contribution is 2.23. The third-order valence-electron chi connectivity index (χ3n) is 3.05. The average Bonchev–Trinajstić information content (AvgIpc) is 2.96. The Labute approximate surface area is 134 Å². The van der Waals surface area contributed by atoms with Crippen molar-refractivity contribution in [3.63, 3.8) is 0 Å². The maximum absolute atomic E-state index is 11.0. The van der Waals surface area contributed by atoms with Crippen molar-refractivity contribution in [1.29, 1.82) is 0 Å². The Bertz CT molecular complexity index is 596. The van der Waals surface area contributed by atoms with E-state index in [4.69, 9.17) is 4.74 Å². The summed E-state index contributed by atoms with van der Waals surface area (Å²) in [6.45, 7) is 3.99. The zero-order chi connectivity index (χ0) is 15.8. The molecular weight excluding hydrogens is 298 g/mol. The fourth-order valence-corrected chi connectivity index (χ4v) is 2.79. The second kappa shape index (κ2) is 8.63. The zero-order valence-corrected chi connectivity index (χ0v) is 13.7. The number of carbonyl (C=O) groups excluding carboxylic acids is 1. The highest BCUT2D eigenvalue weighted by molar-refractivity contribution is 7.09. The minimum absolute atomic E-state index is 0.0651. The lowest BCUT2D eigenvalue weighted by Gasteiger charge is -2.03. The summed E-state index contributed by atoms with van der Waals surface area (Å²) in [5.74, 6) is -0.0651. The molecule has 6 heteroatoms. The number of nitrogens with one attached hydrogen (secondary N) is 2. The Hall–Kier alpha value is -1.76. The second-order valence-electron chi connectivity index (χ2n) is 4.88. The van der Waals surface area contributed by atoms with E-state index in [1.54, 1.807) is 18.4 Å². The molecule has 0 atom stereocenters. The minimum Gasteiger partial charge on any atom is -0.383 e. The van der Waals surface area contributed by atoms with Crippen LogP contribution in [-0.4, -0.2) is 37.7 Å². The van der Waals surface area contributed by atoms with Gasteiger partial charge in [0.1, 0.15) is 0 Å². The van der Waals surface area contributed by atoms with E-state index in [0.717, 1.165) is 48.1 Å². The molecule has 0 aliphatic heterocycles. The first-order valence-electron chi connectivity index (χ1n) is 7.21. The van der Waals surface area contributed by atoms with Gasteiger partial charge in [0.25, 0.3) is 0 Å². The standard InChI is InChI=1S/C16H21N3O2S/c1-12(20)18-14-5-3-13(4-6-14)15-11-22-16(19-15)7-8-17-9-10-21-2/h3-6,11,17H,7-10H2,1-2H3,(H,18,20). The first-order valence-corrected chi connectivity index (χ1v) is 8.09. The summed E-state index contributed by atoms with van der Waals surface area (Å²) in [7, 11) is 1.70. The van der Waals surface area contributed by atoms with Crippen LogP contribution >= 0.6 is 11.3 Å². The molecule has 0 unspecified atom stereocenters. The normalized spacial score (nSPS) is 10.6. The Kier molecular flexibility index (Phi) is 6.51. The fourth-order valence-electron chi connectivity index (χ4n) is 1.98. The maximum atomic E-state index is 11.0. The molecule has 118 valence electrons. The number of aromatic nitrogens is 1. The van der Waals surface area contributed by atoms with Gasteiger partial charge in [-0.15, -0.1) is 11.3 Å². The minimum atomic E-state index is -0.0651. The molecule has 22 heavy (non-hydrogen) atoms. The van der Waals surface area contributed by atoms with Crippen LogP contribution in [0.25, 0.3) is 11.3 Å². The second-order valence-corrected chi connectivity index (χ2v) is 5.82. The van der Waals surface area contributed by atoms with Crippen LogP contribution in [0.3, 0.4) is 0 Å². The number of benzene rings is 1. The van der Waals surface area contributed by atoms with Crippen LogP contribution in [0.2, 0.25) is 0 Å². The molecule has 0 radical (unpaired) electrons. The van der Waals surface area contributed by atoms with Crippen LogP contribution in [0.15, 0.2) is 29.6 Å². The molecule has 5 nitrogen and oxygen atoms in total. The van der Waals surface area contributed by atoms with Crippen LogP contribution in [0.1, 0.15) is 11.9 Å². The molecular formula is C16H21N3O2S. The van der Waals surface area contributed by atoms with Crippen LogP contribution in [0, 0.1) is 0 Å². The number of amides is 1. The molecule has 2 rings (SSSR count). The van der Waals surface area contributed by atoms with Gasteiger partial charge in [0.15, 0.2) is 0 Å². The first-order chi connectivity index (χ1) is 10.7. The van der Waals surface area contributed by atoms with Gasteiger partial charge in [-0.05, 0) is 12.1 Å². The highest BCUT2D eigenvalue weighted by Gasteiger charge is 2.05. The molecule has 2 N–H and O–H groups in total.